The molecule has 1 saturated heterocycles. The lowest BCUT2D eigenvalue weighted by atomic mass is 10.0. The topological polar surface area (TPSA) is 44.8 Å². The van der Waals surface area contributed by atoms with Crippen LogP contribution in [0.25, 0.3) is 0 Å². The third-order valence-corrected chi connectivity index (χ3v) is 2.90. The zero-order chi connectivity index (χ0) is 12.3. The standard InChI is InChI=1S/C13H16O4/c1-15-11-6-4-9(7-12(11)16-2)3-5-10-8-13(14)17-10/h4,6-7,10H,3,5,8H2,1-2H3/t10-/m1/s1. The molecule has 0 unspecified atom stereocenters. The first-order valence-corrected chi connectivity index (χ1v) is 5.63. The van der Waals surface area contributed by atoms with Gasteiger partial charge in [-0.05, 0) is 30.5 Å². The number of cyclic esters (lactones) is 1. The molecule has 1 aliphatic heterocycles. The van der Waals surface area contributed by atoms with E-state index in [1.54, 1.807) is 14.2 Å². The van der Waals surface area contributed by atoms with Gasteiger partial charge in [-0.3, -0.25) is 4.79 Å². The summed E-state index contributed by atoms with van der Waals surface area (Å²) in [5.41, 5.74) is 1.16. The first-order chi connectivity index (χ1) is 8.22. The molecule has 0 N–H and O–H groups in total. The molecule has 0 saturated carbocycles. The molecule has 1 fully saturated rings. The molecule has 4 heteroatoms. The van der Waals surface area contributed by atoms with Crippen LogP contribution in [0, 0.1) is 0 Å². The van der Waals surface area contributed by atoms with E-state index in [0.29, 0.717) is 6.42 Å². The molecular formula is C13H16O4. The van der Waals surface area contributed by atoms with Gasteiger partial charge < -0.3 is 14.2 Å². The molecule has 0 aliphatic carbocycles. The van der Waals surface area contributed by atoms with Crippen molar-refractivity contribution >= 4 is 5.97 Å². The highest BCUT2D eigenvalue weighted by molar-refractivity contribution is 5.75. The molecule has 0 aromatic heterocycles. The second-order valence-corrected chi connectivity index (χ2v) is 4.04. The fourth-order valence-corrected chi connectivity index (χ4v) is 1.89. The molecule has 1 aromatic carbocycles. The van der Waals surface area contributed by atoms with Crippen LogP contribution in [0.4, 0.5) is 0 Å². The van der Waals surface area contributed by atoms with Gasteiger partial charge in [-0.2, -0.15) is 0 Å². The molecule has 0 spiro atoms. The van der Waals surface area contributed by atoms with Gasteiger partial charge in [0, 0.05) is 0 Å². The molecule has 1 heterocycles. The Balaban J connectivity index is 1.94. The van der Waals surface area contributed by atoms with Crippen molar-refractivity contribution in [1.82, 2.24) is 0 Å². The molecule has 2 rings (SSSR count). The van der Waals surface area contributed by atoms with Crippen molar-refractivity contribution in [3.8, 4) is 11.5 Å². The smallest absolute Gasteiger partial charge is 0.309 e. The number of carbonyl (C=O) groups excluding carboxylic acids is 1. The number of carbonyl (C=O) groups is 1. The molecule has 0 amide bonds. The second kappa shape index (κ2) is 5.08. The number of hydrogen-bond donors (Lipinski definition) is 0. The van der Waals surface area contributed by atoms with Crippen LogP contribution in [0.3, 0.4) is 0 Å². The molecule has 92 valence electrons. The fourth-order valence-electron chi connectivity index (χ4n) is 1.89. The zero-order valence-corrected chi connectivity index (χ0v) is 10.1. The predicted molar refractivity (Wildman–Crippen MR) is 62.4 cm³/mol. The largest absolute Gasteiger partial charge is 0.493 e. The van der Waals surface area contributed by atoms with Gasteiger partial charge in [0.15, 0.2) is 11.5 Å². The number of hydrogen-bond acceptors (Lipinski definition) is 4. The third-order valence-electron chi connectivity index (χ3n) is 2.90. The van der Waals surface area contributed by atoms with Crippen molar-refractivity contribution in [2.75, 3.05) is 14.2 Å². The average molecular weight is 236 g/mol. The monoisotopic (exact) mass is 236 g/mol. The minimum absolute atomic E-state index is 0.0931. The summed E-state index contributed by atoms with van der Waals surface area (Å²) in [7, 11) is 3.24. The second-order valence-electron chi connectivity index (χ2n) is 4.04. The number of methoxy groups -OCH3 is 2. The number of esters is 1. The van der Waals surface area contributed by atoms with Crippen LogP contribution in [-0.2, 0) is 16.0 Å². The summed E-state index contributed by atoms with van der Waals surface area (Å²) in [4.78, 5) is 10.6. The molecule has 4 nitrogen and oxygen atoms in total. The minimum atomic E-state index is -0.0951. The van der Waals surface area contributed by atoms with E-state index in [0.717, 1.165) is 29.9 Å². The molecular weight excluding hydrogens is 220 g/mol. The lowest BCUT2D eigenvalue weighted by Crippen LogP contribution is -2.32. The van der Waals surface area contributed by atoms with Crippen LogP contribution in [-0.4, -0.2) is 26.3 Å². The van der Waals surface area contributed by atoms with Gasteiger partial charge in [0.1, 0.15) is 6.10 Å². The number of benzene rings is 1. The highest BCUT2D eigenvalue weighted by atomic mass is 16.6. The third kappa shape index (κ3) is 2.70. The van der Waals surface area contributed by atoms with Crippen LogP contribution < -0.4 is 9.47 Å². The van der Waals surface area contributed by atoms with Gasteiger partial charge >= 0.3 is 5.97 Å². The maximum Gasteiger partial charge on any atom is 0.309 e. The number of rotatable bonds is 5. The first-order valence-electron chi connectivity index (χ1n) is 5.63. The van der Waals surface area contributed by atoms with E-state index in [1.807, 2.05) is 18.2 Å². The van der Waals surface area contributed by atoms with E-state index in [9.17, 15) is 4.79 Å². The Morgan fingerprint density at radius 2 is 2.00 bits per heavy atom. The van der Waals surface area contributed by atoms with Gasteiger partial charge in [0.2, 0.25) is 0 Å². The molecule has 1 aliphatic rings. The van der Waals surface area contributed by atoms with Crippen LogP contribution in [0.2, 0.25) is 0 Å². The lowest BCUT2D eigenvalue weighted by molar-refractivity contribution is -0.169. The van der Waals surface area contributed by atoms with Gasteiger partial charge in [-0.15, -0.1) is 0 Å². The van der Waals surface area contributed by atoms with Crippen LogP contribution >= 0.6 is 0 Å². The Hall–Kier alpha value is -1.71. The average Bonchev–Trinajstić information content (AvgIpc) is 2.32. The minimum Gasteiger partial charge on any atom is -0.493 e. The zero-order valence-electron chi connectivity index (χ0n) is 10.1. The Labute approximate surface area is 100 Å². The first kappa shape index (κ1) is 11.8. The van der Waals surface area contributed by atoms with Gasteiger partial charge in [0.25, 0.3) is 0 Å². The van der Waals surface area contributed by atoms with Crippen molar-refractivity contribution in [3.63, 3.8) is 0 Å². The summed E-state index contributed by atoms with van der Waals surface area (Å²) in [6, 6.07) is 5.85. The van der Waals surface area contributed by atoms with E-state index in [-0.39, 0.29) is 12.1 Å². The van der Waals surface area contributed by atoms with Crippen LogP contribution in [0.15, 0.2) is 18.2 Å². The Kier molecular flexibility index (Phi) is 3.52. The lowest BCUT2D eigenvalue weighted by Gasteiger charge is -2.25. The van der Waals surface area contributed by atoms with Crippen molar-refractivity contribution in [2.45, 2.75) is 25.4 Å². The maximum absolute atomic E-state index is 10.6. The van der Waals surface area contributed by atoms with Gasteiger partial charge in [-0.25, -0.2) is 0 Å². The summed E-state index contributed by atoms with van der Waals surface area (Å²) >= 11 is 0. The normalized spacial score (nSPS) is 18.2. The van der Waals surface area contributed by atoms with Crippen LogP contribution in [0.1, 0.15) is 18.4 Å². The maximum atomic E-state index is 10.6. The van der Waals surface area contributed by atoms with Crippen LogP contribution in [0.5, 0.6) is 11.5 Å². The Morgan fingerprint density at radius 1 is 1.29 bits per heavy atom. The van der Waals surface area contributed by atoms with Gasteiger partial charge in [-0.1, -0.05) is 6.07 Å². The summed E-state index contributed by atoms with van der Waals surface area (Å²) in [6.07, 6.45) is 2.38. The molecule has 1 aromatic rings. The highest BCUT2D eigenvalue weighted by Gasteiger charge is 2.27. The number of aryl methyl sites for hydroxylation is 1. The summed E-state index contributed by atoms with van der Waals surface area (Å²) in [6.45, 7) is 0. The highest BCUT2D eigenvalue weighted by Crippen LogP contribution is 2.28. The van der Waals surface area contributed by atoms with E-state index in [2.05, 4.69) is 0 Å². The molecule has 1 atom stereocenters. The Morgan fingerprint density at radius 3 is 2.59 bits per heavy atom. The van der Waals surface area contributed by atoms with Crippen molar-refractivity contribution < 1.29 is 19.0 Å². The Bertz CT molecular complexity index is 406. The van der Waals surface area contributed by atoms with E-state index in [1.165, 1.54) is 0 Å². The molecule has 0 bridgehead atoms. The molecule has 0 radical (unpaired) electrons. The quantitative estimate of drug-likeness (QED) is 0.733. The van der Waals surface area contributed by atoms with Crippen molar-refractivity contribution in [3.05, 3.63) is 23.8 Å². The number of ether oxygens (including phenoxy) is 3. The van der Waals surface area contributed by atoms with Crippen molar-refractivity contribution in [1.29, 1.82) is 0 Å². The summed E-state index contributed by atoms with van der Waals surface area (Å²) in [5.74, 6) is 1.37. The van der Waals surface area contributed by atoms with E-state index < -0.39 is 0 Å². The summed E-state index contributed by atoms with van der Waals surface area (Å²) in [5, 5.41) is 0. The van der Waals surface area contributed by atoms with Crippen molar-refractivity contribution in [2.24, 2.45) is 0 Å². The fraction of sp³-hybridized carbons (Fsp3) is 0.462. The molecule has 17 heavy (non-hydrogen) atoms. The van der Waals surface area contributed by atoms with Gasteiger partial charge in [0.05, 0.1) is 20.6 Å². The van der Waals surface area contributed by atoms with E-state index >= 15 is 0 Å². The van der Waals surface area contributed by atoms with E-state index in [4.69, 9.17) is 14.2 Å². The summed E-state index contributed by atoms with van der Waals surface area (Å²) < 4.78 is 15.4. The predicted octanol–water partition coefficient (Wildman–Crippen LogP) is 1.95. The SMILES string of the molecule is COc1ccc(CC[C@@H]2CC(=O)O2)cc1OC.